The van der Waals surface area contributed by atoms with Gasteiger partial charge in [0.25, 0.3) is 0 Å². The molecule has 2 aliphatic rings. The van der Waals surface area contributed by atoms with Gasteiger partial charge in [-0.15, -0.1) is 0 Å². The van der Waals surface area contributed by atoms with Crippen molar-refractivity contribution in [3.8, 4) is 0 Å². The zero-order valence-electron chi connectivity index (χ0n) is 13.4. The molecule has 0 amide bonds. The molecule has 0 fully saturated rings. The van der Waals surface area contributed by atoms with Crippen LogP contribution >= 0.6 is 23.2 Å². The Bertz CT molecular complexity index is 660. The second kappa shape index (κ2) is 8.21. The van der Waals surface area contributed by atoms with Gasteiger partial charge in [-0.2, -0.15) is 0 Å². The molecule has 4 N–H and O–H groups in total. The lowest BCUT2D eigenvalue weighted by molar-refractivity contribution is 0.167. The highest BCUT2D eigenvalue weighted by molar-refractivity contribution is 6.42. The van der Waals surface area contributed by atoms with Gasteiger partial charge in [0.2, 0.25) is 0 Å². The van der Waals surface area contributed by atoms with Crippen molar-refractivity contribution in [3.05, 3.63) is 39.6 Å². The predicted octanol–water partition coefficient (Wildman–Crippen LogP) is 3.49. The molecule has 2 aliphatic heterocycles. The molecule has 1 atom stereocenters. The number of nitrogens with one attached hydrogen (secondary N) is 3. The first-order valence-corrected chi connectivity index (χ1v) is 9.03. The van der Waals surface area contributed by atoms with E-state index >= 15 is 0 Å². The summed E-state index contributed by atoms with van der Waals surface area (Å²) in [5.74, 6) is 1.08. The fraction of sp³-hybridized carbons (Fsp3) is 0.471. The van der Waals surface area contributed by atoms with Gasteiger partial charge in [0, 0.05) is 24.5 Å². The number of anilines is 1. The number of aliphatic imine (C=N–C) groups is 1. The van der Waals surface area contributed by atoms with E-state index < -0.39 is 6.35 Å². The first kappa shape index (κ1) is 17.5. The molecular weight excluding hydrogens is 347 g/mol. The van der Waals surface area contributed by atoms with Crippen molar-refractivity contribution in [2.24, 2.45) is 4.99 Å². The second-order valence-corrected chi connectivity index (χ2v) is 6.85. The van der Waals surface area contributed by atoms with E-state index in [9.17, 15) is 5.11 Å². The van der Waals surface area contributed by atoms with Crippen LogP contribution in [0.25, 0.3) is 0 Å². The van der Waals surface area contributed by atoms with Gasteiger partial charge in [0.05, 0.1) is 10.0 Å². The Morgan fingerprint density at radius 1 is 1.21 bits per heavy atom. The molecule has 1 aromatic carbocycles. The van der Waals surface area contributed by atoms with E-state index in [-0.39, 0.29) is 0 Å². The minimum atomic E-state index is -0.853. The van der Waals surface area contributed by atoms with Gasteiger partial charge >= 0.3 is 0 Å². The Morgan fingerprint density at radius 3 is 2.92 bits per heavy atom. The van der Waals surface area contributed by atoms with Gasteiger partial charge in [0.15, 0.2) is 6.35 Å². The molecule has 3 rings (SSSR count). The number of hydrogen-bond acceptors (Lipinski definition) is 5. The number of halogens is 2. The zero-order chi connectivity index (χ0) is 16.9. The van der Waals surface area contributed by atoms with Crippen LogP contribution in [0.2, 0.25) is 10.0 Å². The maximum absolute atomic E-state index is 10.0. The molecule has 1 unspecified atom stereocenters. The lowest BCUT2D eigenvalue weighted by Crippen LogP contribution is -2.37. The van der Waals surface area contributed by atoms with Crippen LogP contribution in [-0.4, -0.2) is 30.3 Å². The summed E-state index contributed by atoms with van der Waals surface area (Å²) in [6.45, 7) is 1.66. The number of allylic oxidation sites excluding steroid dienone is 1. The van der Waals surface area contributed by atoms with E-state index in [1.165, 1.54) is 24.1 Å². The van der Waals surface area contributed by atoms with Gasteiger partial charge in [0.1, 0.15) is 5.82 Å². The van der Waals surface area contributed by atoms with Crippen LogP contribution in [0, 0.1) is 0 Å². The van der Waals surface area contributed by atoms with Crippen LogP contribution in [0.3, 0.4) is 0 Å². The molecule has 0 saturated carbocycles. The first-order chi connectivity index (χ1) is 11.6. The van der Waals surface area contributed by atoms with Gasteiger partial charge in [-0.05, 0) is 55.9 Å². The highest BCUT2D eigenvalue weighted by atomic mass is 35.5. The van der Waals surface area contributed by atoms with Crippen molar-refractivity contribution in [1.82, 2.24) is 10.6 Å². The summed E-state index contributed by atoms with van der Waals surface area (Å²) in [6.07, 6.45) is 4.46. The number of nitrogens with zero attached hydrogens (tertiary/aromatic N) is 1. The molecule has 7 heteroatoms. The van der Waals surface area contributed by atoms with Crippen molar-refractivity contribution < 1.29 is 5.11 Å². The Labute approximate surface area is 152 Å². The Hall–Kier alpha value is -1.27. The predicted molar refractivity (Wildman–Crippen MR) is 99.6 cm³/mol. The van der Waals surface area contributed by atoms with Crippen LogP contribution in [0.15, 0.2) is 34.6 Å². The van der Waals surface area contributed by atoms with Gasteiger partial charge in [-0.25, -0.2) is 4.99 Å². The van der Waals surface area contributed by atoms with Crippen LogP contribution in [0.1, 0.15) is 32.1 Å². The molecular formula is C17H22Cl2N4O. The fourth-order valence-corrected chi connectivity index (χ4v) is 3.25. The van der Waals surface area contributed by atoms with E-state index in [0.29, 0.717) is 22.3 Å². The molecule has 0 bridgehead atoms. The average Bonchev–Trinajstić information content (AvgIpc) is 2.58. The second-order valence-electron chi connectivity index (χ2n) is 6.04. The molecule has 0 aliphatic carbocycles. The SMILES string of the molecule is OC(NCCC1=NC2=C(CCCN2)CC1)Nc1ccc(Cl)c(Cl)c1. The van der Waals surface area contributed by atoms with Gasteiger partial charge in [-0.1, -0.05) is 23.2 Å². The van der Waals surface area contributed by atoms with E-state index in [4.69, 9.17) is 28.2 Å². The number of benzene rings is 1. The van der Waals surface area contributed by atoms with Crippen LogP contribution < -0.4 is 16.0 Å². The van der Waals surface area contributed by atoms with Crippen molar-refractivity contribution in [3.63, 3.8) is 0 Å². The first-order valence-electron chi connectivity index (χ1n) is 8.27. The highest BCUT2D eigenvalue weighted by Crippen LogP contribution is 2.26. The summed E-state index contributed by atoms with van der Waals surface area (Å²) in [6, 6.07) is 5.15. The molecule has 0 saturated heterocycles. The summed E-state index contributed by atoms with van der Waals surface area (Å²) in [4.78, 5) is 4.72. The Balaban J connectivity index is 1.45. The number of aliphatic hydroxyl groups excluding tert-OH is 1. The molecule has 130 valence electrons. The number of hydrogen-bond donors (Lipinski definition) is 4. The molecule has 1 aromatic rings. The Kier molecular flexibility index (Phi) is 6.00. The van der Waals surface area contributed by atoms with Crippen molar-refractivity contribution in [2.45, 2.75) is 38.5 Å². The molecule has 0 radical (unpaired) electrons. The molecule has 0 aromatic heterocycles. The largest absolute Gasteiger partial charge is 0.370 e. The van der Waals surface area contributed by atoms with Gasteiger partial charge in [-0.3, -0.25) is 5.32 Å². The van der Waals surface area contributed by atoms with E-state index in [1.54, 1.807) is 18.2 Å². The smallest absolute Gasteiger partial charge is 0.181 e. The monoisotopic (exact) mass is 368 g/mol. The third-order valence-electron chi connectivity index (χ3n) is 4.24. The summed E-state index contributed by atoms with van der Waals surface area (Å²) < 4.78 is 0. The zero-order valence-corrected chi connectivity index (χ0v) is 14.9. The fourth-order valence-electron chi connectivity index (χ4n) is 2.95. The minimum Gasteiger partial charge on any atom is -0.370 e. The lowest BCUT2D eigenvalue weighted by Gasteiger charge is -2.24. The van der Waals surface area contributed by atoms with Crippen LogP contribution in [0.4, 0.5) is 5.69 Å². The summed E-state index contributed by atoms with van der Waals surface area (Å²) in [7, 11) is 0. The summed E-state index contributed by atoms with van der Waals surface area (Å²) in [5, 5.41) is 20.3. The van der Waals surface area contributed by atoms with Crippen molar-refractivity contribution in [2.75, 3.05) is 18.4 Å². The molecule has 24 heavy (non-hydrogen) atoms. The number of aliphatic hydroxyl groups is 1. The van der Waals surface area contributed by atoms with E-state index in [1.807, 2.05) is 0 Å². The lowest BCUT2D eigenvalue weighted by atomic mass is 9.97. The third-order valence-corrected chi connectivity index (χ3v) is 4.98. The summed E-state index contributed by atoms with van der Waals surface area (Å²) in [5.41, 5.74) is 3.34. The van der Waals surface area contributed by atoms with Crippen molar-refractivity contribution >= 4 is 34.6 Å². The van der Waals surface area contributed by atoms with E-state index in [2.05, 4.69) is 16.0 Å². The maximum Gasteiger partial charge on any atom is 0.181 e. The standard InChI is InChI=1S/C17H22Cl2N4O/c18-14-6-5-13(10-15(14)19)23-17(24)21-9-7-12-4-3-11-2-1-8-20-16(11)22-12/h5-6,10,17,20-21,23-24H,1-4,7-9H2. The van der Waals surface area contributed by atoms with E-state index in [0.717, 1.165) is 31.6 Å². The van der Waals surface area contributed by atoms with Crippen LogP contribution in [-0.2, 0) is 0 Å². The number of rotatable bonds is 6. The van der Waals surface area contributed by atoms with Crippen LogP contribution in [0.5, 0.6) is 0 Å². The van der Waals surface area contributed by atoms with Gasteiger partial charge < -0.3 is 15.7 Å². The average molecular weight is 369 g/mol. The third kappa shape index (κ3) is 4.63. The van der Waals surface area contributed by atoms with Crippen molar-refractivity contribution in [1.29, 1.82) is 0 Å². The molecule has 5 nitrogen and oxygen atoms in total. The quantitative estimate of drug-likeness (QED) is 0.580. The Morgan fingerprint density at radius 2 is 2.08 bits per heavy atom. The normalized spacial score (nSPS) is 18.5. The maximum atomic E-state index is 10.0. The minimum absolute atomic E-state index is 0.453. The molecule has 0 spiro atoms. The topological polar surface area (TPSA) is 68.7 Å². The summed E-state index contributed by atoms with van der Waals surface area (Å²) >= 11 is 11.8. The highest BCUT2D eigenvalue weighted by Gasteiger charge is 2.17. The molecule has 2 heterocycles.